The fourth-order valence-corrected chi connectivity index (χ4v) is 2.93. The molecule has 1 aliphatic carbocycles. The highest BCUT2D eigenvalue weighted by molar-refractivity contribution is 6.31. The predicted molar refractivity (Wildman–Crippen MR) is 70.9 cm³/mol. The van der Waals surface area contributed by atoms with Crippen LogP contribution in [0.3, 0.4) is 0 Å². The third-order valence-electron chi connectivity index (χ3n) is 4.02. The van der Waals surface area contributed by atoms with Crippen LogP contribution in [0.2, 0.25) is 5.02 Å². The van der Waals surface area contributed by atoms with E-state index in [2.05, 4.69) is 26.8 Å². The van der Waals surface area contributed by atoms with Crippen molar-refractivity contribution in [2.24, 2.45) is 11.3 Å². The van der Waals surface area contributed by atoms with E-state index in [1.165, 1.54) is 0 Å². The summed E-state index contributed by atoms with van der Waals surface area (Å²) in [5.74, 6) is 0.610. The molecule has 0 unspecified atom stereocenters. The highest BCUT2D eigenvalue weighted by Gasteiger charge is 2.50. The Kier molecular flexibility index (Phi) is 2.96. The number of hydrogen-bond acceptors (Lipinski definition) is 1. The molecule has 2 rings (SSSR count). The molecule has 0 aromatic heterocycles. The highest BCUT2D eigenvalue weighted by Crippen LogP contribution is 2.55. The molecule has 0 spiro atoms. The predicted octanol–water partition coefficient (Wildman–Crippen LogP) is 4.56. The van der Waals surface area contributed by atoms with E-state index in [0.717, 1.165) is 23.4 Å². The minimum absolute atomic E-state index is 0.279. The Morgan fingerprint density at radius 2 is 1.88 bits per heavy atom. The summed E-state index contributed by atoms with van der Waals surface area (Å²) in [6.07, 6.45) is 1.85. The third kappa shape index (κ3) is 2.07. The summed E-state index contributed by atoms with van der Waals surface area (Å²) in [4.78, 5) is 0. The summed E-state index contributed by atoms with van der Waals surface area (Å²) in [5.41, 5.74) is 0.933. The van der Waals surface area contributed by atoms with Crippen molar-refractivity contribution in [3.05, 3.63) is 34.9 Å². The molecule has 2 heteroatoms. The molecule has 17 heavy (non-hydrogen) atoms. The number of halogens is 1. The molecule has 1 fully saturated rings. The third-order valence-corrected chi connectivity index (χ3v) is 4.35. The summed E-state index contributed by atoms with van der Waals surface area (Å²) >= 11 is 6.21. The second kappa shape index (κ2) is 4.03. The van der Waals surface area contributed by atoms with E-state index in [-0.39, 0.29) is 10.8 Å². The van der Waals surface area contributed by atoms with Crippen molar-refractivity contribution < 1.29 is 0 Å². The fraction of sp³-hybridized carbons (Fsp3) is 0.533. The molecule has 1 aromatic carbocycles. The topological polar surface area (TPSA) is 23.8 Å². The maximum absolute atomic E-state index is 9.49. The van der Waals surface area contributed by atoms with Gasteiger partial charge in [0.15, 0.2) is 0 Å². The van der Waals surface area contributed by atoms with E-state index in [9.17, 15) is 5.26 Å². The average molecular weight is 248 g/mol. The van der Waals surface area contributed by atoms with Crippen molar-refractivity contribution in [2.45, 2.75) is 39.0 Å². The lowest BCUT2D eigenvalue weighted by Gasteiger charge is -2.49. The zero-order valence-corrected chi connectivity index (χ0v) is 11.4. The van der Waals surface area contributed by atoms with Crippen LogP contribution < -0.4 is 0 Å². The molecule has 0 aliphatic heterocycles. The van der Waals surface area contributed by atoms with Gasteiger partial charge in [0.2, 0.25) is 0 Å². The summed E-state index contributed by atoms with van der Waals surface area (Å²) in [7, 11) is 0. The van der Waals surface area contributed by atoms with Gasteiger partial charge in [0, 0.05) is 5.02 Å². The van der Waals surface area contributed by atoms with Gasteiger partial charge in [-0.15, -0.1) is 0 Å². The van der Waals surface area contributed by atoms with Crippen molar-refractivity contribution in [3.63, 3.8) is 0 Å². The second-order valence-corrected chi connectivity index (χ2v) is 6.55. The molecule has 0 bridgehead atoms. The van der Waals surface area contributed by atoms with Crippen LogP contribution in [0.4, 0.5) is 0 Å². The second-order valence-electron chi connectivity index (χ2n) is 6.14. The van der Waals surface area contributed by atoms with Gasteiger partial charge in [-0.05, 0) is 35.8 Å². The molecule has 0 N–H and O–H groups in total. The first-order valence-electron chi connectivity index (χ1n) is 6.05. The zero-order valence-electron chi connectivity index (χ0n) is 10.6. The number of nitriles is 1. The van der Waals surface area contributed by atoms with Crippen LogP contribution in [0.1, 0.15) is 39.2 Å². The Labute approximate surface area is 108 Å². The van der Waals surface area contributed by atoms with E-state index < -0.39 is 0 Å². The standard InChI is InChI=1S/C15H18ClN/c1-14(2,3)11-8-15(9-11,10-17)12-6-4-5-7-13(12)16/h4-7,11H,8-9H2,1-3H3. The van der Waals surface area contributed by atoms with Gasteiger partial charge in [-0.2, -0.15) is 5.26 Å². The van der Waals surface area contributed by atoms with Crippen LogP contribution in [0.15, 0.2) is 24.3 Å². The number of rotatable bonds is 1. The zero-order chi connectivity index (χ0) is 12.7. The smallest absolute Gasteiger partial charge is 0.0842 e. The monoisotopic (exact) mass is 247 g/mol. The van der Waals surface area contributed by atoms with Crippen LogP contribution in [-0.2, 0) is 5.41 Å². The fourth-order valence-electron chi connectivity index (χ4n) is 2.61. The van der Waals surface area contributed by atoms with Crippen LogP contribution in [0, 0.1) is 22.7 Å². The van der Waals surface area contributed by atoms with Gasteiger partial charge in [0.25, 0.3) is 0 Å². The molecule has 1 aromatic rings. The quantitative estimate of drug-likeness (QED) is 0.714. The average Bonchev–Trinajstić information content (AvgIpc) is 2.18. The number of hydrogen-bond donors (Lipinski definition) is 0. The van der Waals surface area contributed by atoms with E-state index in [1.54, 1.807) is 0 Å². The van der Waals surface area contributed by atoms with E-state index in [4.69, 9.17) is 11.6 Å². The van der Waals surface area contributed by atoms with Crippen molar-refractivity contribution >= 4 is 11.6 Å². The molecule has 0 amide bonds. The van der Waals surface area contributed by atoms with Gasteiger partial charge in [-0.3, -0.25) is 0 Å². The van der Waals surface area contributed by atoms with Crippen molar-refractivity contribution in [1.82, 2.24) is 0 Å². The largest absolute Gasteiger partial charge is 0.197 e. The van der Waals surface area contributed by atoms with Crippen LogP contribution in [0.25, 0.3) is 0 Å². The van der Waals surface area contributed by atoms with Crippen LogP contribution >= 0.6 is 11.6 Å². The molecular weight excluding hydrogens is 230 g/mol. The molecule has 0 radical (unpaired) electrons. The van der Waals surface area contributed by atoms with Gasteiger partial charge >= 0.3 is 0 Å². The number of benzene rings is 1. The van der Waals surface area contributed by atoms with Crippen LogP contribution in [-0.4, -0.2) is 0 Å². The maximum Gasteiger partial charge on any atom is 0.0842 e. The van der Waals surface area contributed by atoms with Crippen molar-refractivity contribution in [3.8, 4) is 6.07 Å². The van der Waals surface area contributed by atoms with Gasteiger partial charge < -0.3 is 0 Å². The van der Waals surface area contributed by atoms with Crippen molar-refractivity contribution in [2.75, 3.05) is 0 Å². The minimum atomic E-state index is -0.351. The van der Waals surface area contributed by atoms with Gasteiger partial charge in [0.1, 0.15) is 0 Å². The molecule has 1 nitrogen and oxygen atoms in total. The molecule has 0 atom stereocenters. The van der Waals surface area contributed by atoms with Gasteiger partial charge in [-0.25, -0.2) is 0 Å². The normalized spacial score (nSPS) is 28.3. The summed E-state index contributed by atoms with van der Waals surface area (Å²) in [6, 6.07) is 10.2. The first-order chi connectivity index (χ1) is 7.89. The lowest BCUT2D eigenvalue weighted by molar-refractivity contribution is 0.0783. The van der Waals surface area contributed by atoms with E-state index in [1.807, 2.05) is 24.3 Å². The Bertz CT molecular complexity index is 459. The first-order valence-corrected chi connectivity index (χ1v) is 6.43. The van der Waals surface area contributed by atoms with E-state index in [0.29, 0.717) is 5.92 Å². The molecule has 0 saturated heterocycles. The first kappa shape index (κ1) is 12.5. The Hall–Kier alpha value is -1.00. The minimum Gasteiger partial charge on any atom is -0.197 e. The van der Waals surface area contributed by atoms with Gasteiger partial charge in [-0.1, -0.05) is 50.6 Å². The molecule has 1 saturated carbocycles. The molecule has 90 valence electrons. The SMILES string of the molecule is CC(C)(C)C1CC(C#N)(c2ccccc2Cl)C1. The van der Waals surface area contributed by atoms with Crippen LogP contribution in [0.5, 0.6) is 0 Å². The van der Waals surface area contributed by atoms with Crippen molar-refractivity contribution in [1.29, 1.82) is 5.26 Å². The van der Waals surface area contributed by atoms with E-state index >= 15 is 0 Å². The molecule has 0 heterocycles. The summed E-state index contributed by atoms with van der Waals surface area (Å²) in [5, 5.41) is 10.2. The molecule has 1 aliphatic rings. The summed E-state index contributed by atoms with van der Waals surface area (Å²) in [6.45, 7) is 6.72. The molecular formula is C15H18ClN. The Morgan fingerprint density at radius 1 is 1.29 bits per heavy atom. The Balaban J connectivity index is 2.27. The Morgan fingerprint density at radius 3 is 2.35 bits per heavy atom. The lowest BCUT2D eigenvalue weighted by Crippen LogP contribution is -2.45. The highest BCUT2D eigenvalue weighted by atomic mass is 35.5. The van der Waals surface area contributed by atoms with Gasteiger partial charge in [0.05, 0.1) is 11.5 Å². The maximum atomic E-state index is 9.49. The lowest BCUT2D eigenvalue weighted by atomic mass is 9.53. The number of nitrogens with zero attached hydrogens (tertiary/aromatic N) is 1. The summed E-state index contributed by atoms with van der Waals surface area (Å²) < 4.78 is 0.